The molecule has 0 N–H and O–H groups in total. The molecule has 0 spiro atoms. The summed E-state index contributed by atoms with van der Waals surface area (Å²) in [4.78, 5) is 4.02. The van der Waals surface area contributed by atoms with Crippen molar-refractivity contribution in [1.82, 2.24) is 0 Å². The van der Waals surface area contributed by atoms with E-state index in [4.69, 9.17) is 0 Å². The predicted octanol–water partition coefficient (Wildman–Crippen LogP) is 7.13. The Hall–Kier alpha value is -3.03. The summed E-state index contributed by atoms with van der Waals surface area (Å²) in [6.45, 7) is 3.78. The van der Waals surface area contributed by atoms with Crippen LogP contribution in [-0.4, -0.2) is 0 Å². The van der Waals surface area contributed by atoms with Gasteiger partial charge in [-0.25, -0.2) is 0 Å². The van der Waals surface area contributed by atoms with E-state index in [1.165, 1.54) is 31.0 Å². The van der Waals surface area contributed by atoms with Crippen molar-refractivity contribution in [3.63, 3.8) is 0 Å². The van der Waals surface area contributed by atoms with E-state index < -0.39 is 0 Å². The summed E-state index contributed by atoms with van der Waals surface area (Å²) in [5, 5.41) is 2.60. The Morgan fingerprint density at radius 1 is 0.667 bits per heavy atom. The average Bonchev–Trinajstić information content (AvgIpc) is 2.74. The van der Waals surface area contributed by atoms with Gasteiger partial charge in [0.05, 0.1) is 10.9 Å². The fourth-order valence-corrected chi connectivity index (χ4v) is 5.54. The highest BCUT2D eigenvalue weighted by Gasteiger charge is 2.30. The highest BCUT2D eigenvalue weighted by molar-refractivity contribution is 7.97. The number of rotatable bonds is 5. The van der Waals surface area contributed by atoms with E-state index in [0.717, 1.165) is 0 Å². The molecule has 0 fully saturated rings. The van der Waals surface area contributed by atoms with Gasteiger partial charge in [-0.1, -0.05) is 85.5 Å². The Labute approximate surface area is 163 Å². The minimum absolute atomic E-state index is 0.165. The van der Waals surface area contributed by atoms with Gasteiger partial charge >= 0.3 is 0 Å². The zero-order valence-electron chi connectivity index (χ0n) is 15.1. The molecule has 0 aliphatic heterocycles. The summed E-state index contributed by atoms with van der Waals surface area (Å²) >= 11 is 0. The van der Waals surface area contributed by atoms with Gasteiger partial charge in [-0.2, -0.15) is 0 Å². The number of hydrogen-bond donors (Lipinski definition) is 0. The van der Waals surface area contributed by atoms with Gasteiger partial charge in [-0.05, 0) is 41.3 Å². The third kappa shape index (κ3) is 3.74. The summed E-state index contributed by atoms with van der Waals surface area (Å²) in [6, 6.07) is 34.9. The van der Waals surface area contributed by atoms with Gasteiger partial charge in [0.2, 0.25) is 0 Å². The van der Waals surface area contributed by atoms with Crippen LogP contribution in [0.1, 0.15) is 5.56 Å². The van der Waals surface area contributed by atoms with Crippen LogP contribution in [0.3, 0.4) is 0 Å². The van der Waals surface area contributed by atoms with Crippen molar-refractivity contribution in [3.05, 3.63) is 121 Å². The Morgan fingerprint density at radius 2 is 1.37 bits per heavy atom. The summed E-state index contributed by atoms with van der Waals surface area (Å²) in [5.41, 5.74) is 1.20. The maximum absolute atomic E-state index is 3.78. The van der Waals surface area contributed by atoms with Gasteiger partial charge in [-0.15, -0.1) is 0 Å². The molecule has 27 heavy (non-hydrogen) atoms. The molecule has 0 saturated heterocycles. The maximum Gasteiger partial charge on any atom is 0.174 e. The normalized spacial score (nSPS) is 12.3. The molecule has 0 aliphatic rings. The molecule has 0 aliphatic carbocycles. The molecule has 4 aromatic rings. The second kappa shape index (κ2) is 8.11. The van der Waals surface area contributed by atoms with E-state index in [2.05, 4.69) is 110 Å². The van der Waals surface area contributed by atoms with Crippen molar-refractivity contribution in [2.45, 2.75) is 14.7 Å². The Morgan fingerprint density at radius 3 is 2.22 bits per heavy atom. The van der Waals surface area contributed by atoms with E-state index >= 15 is 0 Å². The summed E-state index contributed by atoms with van der Waals surface area (Å²) in [7, 11) is -0.165. The third-order valence-corrected chi connectivity index (χ3v) is 6.73. The molecule has 0 aromatic heterocycles. The number of allylic oxidation sites excluding steroid dienone is 2. The lowest BCUT2D eigenvalue weighted by Gasteiger charge is -2.11. The lowest BCUT2D eigenvalue weighted by atomic mass is 10.1. The second-order valence-electron chi connectivity index (χ2n) is 6.26. The molecular formula is C26H21S+. The molecular weight excluding hydrogens is 344 g/mol. The molecule has 4 aromatic carbocycles. The first-order valence-electron chi connectivity index (χ1n) is 9.03. The summed E-state index contributed by atoms with van der Waals surface area (Å²) in [6.07, 6.45) is 5.90. The van der Waals surface area contributed by atoms with Gasteiger partial charge in [0.15, 0.2) is 14.7 Å². The predicted molar refractivity (Wildman–Crippen MR) is 118 cm³/mol. The van der Waals surface area contributed by atoms with Crippen LogP contribution in [-0.2, 0) is 10.9 Å². The molecule has 0 bridgehead atoms. The molecule has 0 radical (unpaired) electrons. The van der Waals surface area contributed by atoms with Crippen LogP contribution in [0.4, 0.5) is 0 Å². The minimum atomic E-state index is -0.165. The van der Waals surface area contributed by atoms with E-state index in [1.54, 1.807) is 0 Å². The SMILES string of the molecule is C=C/C=C\c1cccc([S+](c2ccccc2)c2cccc3ccccc23)c1. The van der Waals surface area contributed by atoms with Crippen LogP contribution in [0.2, 0.25) is 0 Å². The Balaban J connectivity index is 1.93. The summed E-state index contributed by atoms with van der Waals surface area (Å²) in [5.74, 6) is 0. The van der Waals surface area contributed by atoms with Gasteiger partial charge < -0.3 is 0 Å². The Bertz CT molecular complexity index is 1090. The smallest absolute Gasteiger partial charge is 0.0991 e. The van der Waals surface area contributed by atoms with Crippen molar-refractivity contribution in [3.8, 4) is 0 Å². The van der Waals surface area contributed by atoms with E-state index in [9.17, 15) is 0 Å². The standard InChI is InChI=1S/C26H21S/c1-2-3-11-21-12-9-17-24(20-21)27(23-15-5-4-6-16-23)26-19-10-14-22-13-7-8-18-25(22)26/h2-20H,1H2/q+1/b11-3-. The molecule has 4 rings (SSSR count). The first-order chi connectivity index (χ1) is 13.4. The fraction of sp³-hybridized carbons (Fsp3) is 0. The molecule has 0 nitrogen and oxygen atoms in total. The lowest BCUT2D eigenvalue weighted by molar-refractivity contribution is 1.33. The molecule has 1 atom stereocenters. The zero-order valence-corrected chi connectivity index (χ0v) is 15.9. The van der Waals surface area contributed by atoms with Gasteiger partial charge in [0.1, 0.15) is 0 Å². The molecule has 1 unspecified atom stereocenters. The van der Waals surface area contributed by atoms with Crippen molar-refractivity contribution in [2.75, 3.05) is 0 Å². The number of hydrogen-bond acceptors (Lipinski definition) is 0. The fourth-order valence-electron chi connectivity index (χ4n) is 3.24. The largest absolute Gasteiger partial charge is 0.174 e. The van der Waals surface area contributed by atoms with Crippen molar-refractivity contribution < 1.29 is 0 Å². The van der Waals surface area contributed by atoms with E-state index in [-0.39, 0.29) is 10.9 Å². The van der Waals surface area contributed by atoms with Crippen molar-refractivity contribution >= 4 is 27.7 Å². The maximum atomic E-state index is 3.78. The minimum Gasteiger partial charge on any atom is -0.0991 e. The molecule has 0 amide bonds. The summed E-state index contributed by atoms with van der Waals surface area (Å²) < 4.78 is 0. The second-order valence-corrected chi connectivity index (χ2v) is 8.26. The first kappa shape index (κ1) is 17.4. The van der Waals surface area contributed by atoms with Crippen LogP contribution in [0, 0.1) is 0 Å². The quantitative estimate of drug-likeness (QED) is 0.260. The van der Waals surface area contributed by atoms with Gasteiger partial charge in [-0.3, -0.25) is 0 Å². The molecule has 130 valence electrons. The van der Waals surface area contributed by atoms with Crippen LogP contribution in [0.25, 0.3) is 16.8 Å². The zero-order chi connectivity index (χ0) is 18.5. The topological polar surface area (TPSA) is 0 Å². The van der Waals surface area contributed by atoms with Crippen LogP contribution in [0.5, 0.6) is 0 Å². The van der Waals surface area contributed by atoms with Crippen LogP contribution < -0.4 is 0 Å². The highest BCUT2D eigenvalue weighted by Crippen LogP contribution is 2.35. The van der Waals surface area contributed by atoms with Gasteiger partial charge in [0.25, 0.3) is 0 Å². The molecule has 0 saturated carbocycles. The van der Waals surface area contributed by atoms with E-state index in [1.807, 2.05) is 12.2 Å². The van der Waals surface area contributed by atoms with E-state index in [0.29, 0.717) is 0 Å². The Kier molecular flexibility index (Phi) is 5.22. The average molecular weight is 366 g/mol. The molecule has 0 heterocycles. The third-order valence-electron chi connectivity index (χ3n) is 4.47. The first-order valence-corrected chi connectivity index (χ1v) is 10.3. The lowest BCUT2D eigenvalue weighted by Crippen LogP contribution is -2.05. The number of fused-ring (bicyclic) bond motifs is 1. The number of benzene rings is 4. The van der Waals surface area contributed by atoms with Crippen LogP contribution >= 0.6 is 0 Å². The van der Waals surface area contributed by atoms with Crippen molar-refractivity contribution in [1.29, 1.82) is 0 Å². The van der Waals surface area contributed by atoms with Crippen LogP contribution in [0.15, 0.2) is 130 Å². The highest BCUT2D eigenvalue weighted by atomic mass is 32.2. The van der Waals surface area contributed by atoms with Gasteiger partial charge in [0, 0.05) is 11.5 Å². The van der Waals surface area contributed by atoms with Crippen molar-refractivity contribution in [2.24, 2.45) is 0 Å². The monoisotopic (exact) mass is 365 g/mol. The molecule has 1 heteroatoms.